The van der Waals surface area contributed by atoms with Gasteiger partial charge in [-0.2, -0.15) is 0 Å². The maximum Gasteiger partial charge on any atom is 0.456 e. The highest BCUT2D eigenvalue weighted by molar-refractivity contribution is 6.43. The van der Waals surface area contributed by atoms with Gasteiger partial charge in [0.25, 0.3) is 0 Å². The molecule has 1 saturated heterocycles. The second kappa shape index (κ2) is 4.79. The van der Waals surface area contributed by atoms with Crippen LogP contribution in [0.3, 0.4) is 0 Å². The first-order valence-corrected chi connectivity index (χ1v) is 5.38. The van der Waals surface area contributed by atoms with Crippen molar-refractivity contribution in [3.05, 3.63) is 35.9 Å². The fraction of sp³-hybridized carbons (Fsp3) is 0.455. The normalized spacial score (nSPS) is 21.9. The molecule has 4 heteroatoms. The van der Waals surface area contributed by atoms with Gasteiger partial charge in [-0.3, -0.25) is 4.90 Å². The molecular weight excluding hydrogens is 189 g/mol. The largest absolute Gasteiger partial charge is 0.456 e. The van der Waals surface area contributed by atoms with Crippen molar-refractivity contribution >= 4 is 7.12 Å². The van der Waals surface area contributed by atoms with Crippen molar-refractivity contribution in [2.24, 2.45) is 0 Å². The van der Waals surface area contributed by atoms with Gasteiger partial charge in [0.05, 0.1) is 0 Å². The van der Waals surface area contributed by atoms with Gasteiger partial charge in [-0.25, -0.2) is 0 Å². The van der Waals surface area contributed by atoms with E-state index in [0.29, 0.717) is 0 Å². The van der Waals surface area contributed by atoms with E-state index in [1.54, 1.807) is 0 Å². The molecule has 15 heavy (non-hydrogen) atoms. The van der Waals surface area contributed by atoms with E-state index in [-0.39, 0.29) is 5.82 Å². The molecule has 1 unspecified atom stereocenters. The Morgan fingerprint density at radius 3 is 2.60 bits per heavy atom. The van der Waals surface area contributed by atoms with E-state index in [4.69, 9.17) is 10.0 Å². The molecule has 0 bridgehead atoms. The SMILES string of the molecule is OB(O)C1CCN(Cc2ccccc2)C1. The molecule has 0 aromatic heterocycles. The average Bonchev–Trinajstić information content (AvgIpc) is 2.68. The smallest absolute Gasteiger partial charge is 0.427 e. The molecule has 0 saturated carbocycles. The fourth-order valence-corrected chi connectivity index (χ4v) is 2.09. The first-order chi connectivity index (χ1) is 7.25. The van der Waals surface area contributed by atoms with Crippen molar-refractivity contribution < 1.29 is 10.0 Å². The molecule has 0 radical (unpaired) electrons. The monoisotopic (exact) mass is 205 g/mol. The standard InChI is InChI=1S/C11H16BNO2/c14-12(15)11-6-7-13(9-11)8-10-4-2-1-3-5-10/h1-5,11,14-15H,6-9H2. The van der Waals surface area contributed by atoms with Crippen LogP contribution in [0.5, 0.6) is 0 Å². The maximum absolute atomic E-state index is 9.06. The van der Waals surface area contributed by atoms with E-state index in [2.05, 4.69) is 17.0 Å². The fourth-order valence-electron chi connectivity index (χ4n) is 2.09. The van der Waals surface area contributed by atoms with Crippen LogP contribution in [0.2, 0.25) is 5.82 Å². The Hall–Kier alpha value is -0.835. The van der Waals surface area contributed by atoms with Crippen LogP contribution in [0.4, 0.5) is 0 Å². The molecule has 0 amide bonds. The van der Waals surface area contributed by atoms with Gasteiger partial charge in [-0.1, -0.05) is 30.3 Å². The molecule has 1 aliphatic heterocycles. The van der Waals surface area contributed by atoms with Gasteiger partial charge in [0.1, 0.15) is 0 Å². The highest BCUT2D eigenvalue weighted by atomic mass is 16.4. The molecular formula is C11H16BNO2. The van der Waals surface area contributed by atoms with Crippen LogP contribution < -0.4 is 0 Å². The zero-order valence-electron chi connectivity index (χ0n) is 8.71. The molecule has 80 valence electrons. The van der Waals surface area contributed by atoms with Gasteiger partial charge < -0.3 is 10.0 Å². The lowest BCUT2D eigenvalue weighted by Gasteiger charge is -2.15. The van der Waals surface area contributed by atoms with E-state index < -0.39 is 7.12 Å². The Kier molecular flexibility index (Phi) is 3.41. The first kappa shape index (κ1) is 10.7. The maximum atomic E-state index is 9.06. The molecule has 1 aromatic rings. The summed E-state index contributed by atoms with van der Waals surface area (Å²) in [6, 6.07) is 10.3. The average molecular weight is 205 g/mol. The third-order valence-corrected chi connectivity index (χ3v) is 2.98. The first-order valence-electron chi connectivity index (χ1n) is 5.38. The minimum atomic E-state index is -1.16. The number of hydrogen-bond acceptors (Lipinski definition) is 3. The summed E-state index contributed by atoms with van der Waals surface area (Å²) >= 11 is 0. The molecule has 3 nitrogen and oxygen atoms in total. The number of rotatable bonds is 3. The zero-order chi connectivity index (χ0) is 10.7. The molecule has 2 rings (SSSR count). The van der Waals surface area contributed by atoms with Crippen molar-refractivity contribution in [3.63, 3.8) is 0 Å². The Labute approximate surface area is 90.5 Å². The van der Waals surface area contributed by atoms with Crippen LogP contribution in [-0.4, -0.2) is 35.2 Å². The molecule has 1 heterocycles. The van der Waals surface area contributed by atoms with Crippen molar-refractivity contribution in [1.82, 2.24) is 4.90 Å². The summed E-state index contributed by atoms with van der Waals surface area (Å²) in [5, 5.41) is 18.1. The summed E-state index contributed by atoms with van der Waals surface area (Å²) in [7, 11) is -1.16. The van der Waals surface area contributed by atoms with Crippen LogP contribution in [-0.2, 0) is 6.54 Å². The van der Waals surface area contributed by atoms with Gasteiger partial charge in [0.15, 0.2) is 0 Å². The van der Waals surface area contributed by atoms with Gasteiger partial charge in [0, 0.05) is 12.4 Å². The lowest BCUT2D eigenvalue weighted by Crippen LogP contribution is -2.25. The summed E-state index contributed by atoms with van der Waals surface area (Å²) in [5.41, 5.74) is 1.28. The lowest BCUT2D eigenvalue weighted by molar-refractivity contribution is 0.321. The van der Waals surface area contributed by atoms with Crippen LogP contribution in [0.25, 0.3) is 0 Å². The summed E-state index contributed by atoms with van der Waals surface area (Å²) in [5.74, 6) is 0.0220. The van der Waals surface area contributed by atoms with E-state index in [1.165, 1.54) is 5.56 Å². The van der Waals surface area contributed by atoms with Gasteiger partial charge in [-0.15, -0.1) is 0 Å². The van der Waals surface area contributed by atoms with E-state index >= 15 is 0 Å². The van der Waals surface area contributed by atoms with Crippen molar-refractivity contribution in [3.8, 4) is 0 Å². The Balaban J connectivity index is 1.88. The number of nitrogens with zero attached hydrogens (tertiary/aromatic N) is 1. The highest BCUT2D eigenvalue weighted by Gasteiger charge is 2.30. The van der Waals surface area contributed by atoms with Crippen molar-refractivity contribution in [2.45, 2.75) is 18.8 Å². The van der Waals surface area contributed by atoms with Gasteiger partial charge >= 0.3 is 7.12 Å². The minimum Gasteiger partial charge on any atom is -0.427 e. The van der Waals surface area contributed by atoms with Gasteiger partial charge in [0.2, 0.25) is 0 Å². The minimum absolute atomic E-state index is 0.0220. The third-order valence-electron chi connectivity index (χ3n) is 2.98. The highest BCUT2D eigenvalue weighted by Crippen LogP contribution is 2.24. The molecule has 0 spiro atoms. The molecule has 1 aromatic carbocycles. The predicted octanol–water partition coefficient (Wildman–Crippen LogP) is 0.735. The number of benzene rings is 1. The third kappa shape index (κ3) is 2.81. The Morgan fingerprint density at radius 2 is 2.00 bits per heavy atom. The summed E-state index contributed by atoms with van der Waals surface area (Å²) < 4.78 is 0. The van der Waals surface area contributed by atoms with Crippen LogP contribution in [0, 0.1) is 0 Å². The Morgan fingerprint density at radius 1 is 1.27 bits per heavy atom. The Bertz CT molecular complexity index is 305. The van der Waals surface area contributed by atoms with E-state index in [1.807, 2.05) is 18.2 Å². The second-order valence-electron chi connectivity index (χ2n) is 4.18. The quantitative estimate of drug-likeness (QED) is 0.715. The second-order valence-corrected chi connectivity index (χ2v) is 4.18. The lowest BCUT2D eigenvalue weighted by atomic mass is 9.72. The zero-order valence-corrected chi connectivity index (χ0v) is 8.71. The number of hydrogen-bond donors (Lipinski definition) is 2. The molecule has 1 atom stereocenters. The predicted molar refractivity (Wildman–Crippen MR) is 60.3 cm³/mol. The molecule has 1 aliphatic rings. The number of likely N-dealkylation sites (tertiary alicyclic amines) is 1. The van der Waals surface area contributed by atoms with Gasteiger partial charge in [-0.05, 0) is 25.1 Å². The molecule has 1 fully saturated rings. The van der Waals surface area contributed by atoms with E-state index in [0.717, 1.165) is 26.1 Å². The van der Waals surface area contributed by atoms with Crippen LogP contribution >= 0.6 is 0 Å². The molecule has 2 N–H and O–H groups in total. The summed E-state index contributed by atoms with van der Waals surface area (Å²) in [6.45, 7) is 2.65. The summed E-state index contributed by atoms with van der Waals surface area (Å²) in [6.07, 6.45) is 0.879. The molecule has 0 aliphatic carbocycles. The van der Waals surface area contributed by atoms with Crippen molar-refractivity contribution in [2.75, 3.05) is 13.1 Å². The van der Waals surface area contributed by atoms with E-state index in [9.17, 15) is 0 Å². The van der Waals surface area contributed by atoms with Crippen molar-refractivity contribution in [1.29, 1.82) is 0 Å². The van der Waals surface area contributed by atoms with Crippen LogP contribution in [0.15, 0.2) is 30.3 Å². The topological polar surface area (TPSA) is 43.7 Å². The van der Waals surface area contributed by atoms with Crippen LogP contribution in [0.1, 0.15) is 12.0 Å². The summed E-state index contributed by atoms with van der Waals surface area (Å²) in [4.78, 5) is 2.26.